The average molecular weight is 166 g/mol. The topological polar surface area (TPSA) is 38.7 Å². The Bertz CT molecular complexity index is 307. The summed E-state index contributed by atoms with van der Waals surface area (Å²) < 4.78 is 10.2. The maximum atomic E-state index is 9.56. The van der Waals surface area contributed by atoms with Gasteiger partial charge in [0.2, 0.25) is 5.75 Å². The summed E-state index contributed by atoms with van der Waals surface area (Å²) in [7, 11) is 1.52. The molecule has 0 amide bonds. The molecule has 0 spiro atoms. The summed E-state index contributed by atoms with van der Waals surface area (Å²) >= 11 is 0. The highest BCUT2D eigenvalue weighted by Crippen LogP contribution is 2.41. The fraction of sp³-hybridized carbons (Fsp3) is 0.333. The van der Waals surface area contributed by atoms with Crippen molar-refractivity contribution in [3.63, 3.8) is 0 Å². The summed E-state index contributed by atoms with van der Waals surface area (Å²) in [6.45, 7) is 0.649. The molecule has 1 aliphatic rings. The Morgan fingerprint density at radius 1 is 1.50 bits per heavy atom. The van der Waals surface area contributed by atoms with E-state index < -0.39 is 0 Å². The van der Waals surface area contributed by atoms with Crippen molar-refractivity contribution >= 4 is 0 Å². The lowest BCUT2D eigenvalue weighted by molar-refractivity contribution is 0.319. The highest BCUT2D eigenvalue weighted by atomic mass is 16.5. The zero-order chi connectivity index (χ0) is 8.55. The Morgan fingerprint density at radius 3 is 3.08 bits per heavy atom. The number of aromatic hydroxyl groups is 1. The molecule has 3 heteroatoms. The van der Waals surface area contributed by atoms with Crippen LogP contribution in [0, 0.1) is 0 Å². The monoisotopic (exact) mass is 166 g/mol. The lowest BCUT2D eigenvalue weighted by Gasteiger charge is -2.06. The SMILES string of the molecule is COc1ccc2c(c1O)OCC2. The smallest absolute Gasteiger partial charge is 0.201 e. The van der Waals surface area contributed by atoms with Gasteiger partial charge in [0.05, 0.1) is 13.7 Å². The van der Waals surface area contributed by atoms with Gasteiger partial charge in [0, 0.05) is 12.0 Å². The van der Waals surface area contributed by atoms with Gasteiger partial charge in [-0.2, -0.15) is 0 Å². The van der Waals surface area contributed by atoms with E-state index in [1.54, 1.807) is 6.07 Å². The average Bonchev–Trinajstić information content (AvgIpc) is 2.53. The standard InChI is InChI=1S/C9H10O3/c1-11-7-3-2-6-4-5-12-9(6)8(7)10/h2-3,10H,4-5H2,1H3. The minimum atomic E-state index is 0.118. The van der Waals surface area contributed by atoms with Gasteiger partial charge in [-0.1, -0.05) is 6.07 Å². The Morgan fingerprint density at radius 2 is 2.33 bits per heavy atom. The first-order chi connectivity index (χ1) is 5.83. The molecule has 64 valence electrons. The van der Waals surface area contributed by atoms with Crippen molar-refractivity contribution in [2.24, 2.45) is 0 Å². The van der Waals surface area contributed by atoms with Crippen LogP contribution in [0.3, 0.4) is 0 Å². The highest BCUT2D eigenvalue weighted by molar-refractivity contribution is 5.56. The van der Waals surface area contributed by atoms with Gasteiger partial charge in [-0.3, -0.25) is 0 Å². The van der Waals surface area contributed by atoms with Crippen LogP contribution in [0.1, 0.15) is 5.56 Å². The lowest BCUT2D eigenvalue weighted by Crippen LogP contribution is -1.88. The molecule has 1 N–H and O–H groups in total. The zero-order valence-electron chi connectivity index (χ0n) is 6.83. The molecule has 0 saturated carbocycles. The molecule has 0 aliphatic carbocycles. The van der Waals surface area contributed by atoms with E-state index in [0.29, 0.717) is 18.1 Å². The molecule has 0 bridgehead atoms. The molecule has 0 aromatic heterocycles. The minimum absolute atomic E-state index is 0.118. The van der Waals surface area contributed by atoms with Crippen LogP contribution in [0.15, 0.2) is 12.1 Å². The summed E-state index contributed by atoms with van der Waals surface area (Å²) in [6, 6.07) is 3.67. The van der Waals surface area contributed by atoms with Crippen LogP contribution in [0.2, 0.25) is 0 Å². The molecule has 0 atom stereocenters. The first-order valence-electron chi connectivity index (χ1n) is 3.84. The molecule has 3 nitrogen and oxygen atoms in total. The Hall–Kier alpha value is -1.38. The van der Waals surface area contributed by atoms with Crippen LogP contribution in [0.25, 0.3) is 0 Å². The van der Waals surface area contributed by atoms with Crippen molar-refractivity contribution in [2.45, 2.75) is 6.42 Å². The summed E-state index contributed by atoms with van der Waals surface area (Å²) in [5.41, 5.74) is 1.05. The molecule has 2 rings (SSSR count). The second kappa shape index (κ2) is 2.59. The number of ether oxygens (including phenoxy) is 2. The quantitative estimate of drug-likeness (QED) is 0.684. The summed E-state index contributed by atoms with van der Waals surface area (Å²) in [6.07, 6.45) is 0.868. The van der Waals surface area contributed by atoms with E-state index in [-0.39, 0.29) is 5.75 Å². The molecule has 0 saturated heterocycles. The van der Waals surface area contributed by atoms with Gasteiger partial charge in [0.15, 0.2) is 11.5 Å². The molecule has 1 heterocycles. The first kappa shape index (κ1) is 7.28. The van der Waals surface area contributed by atoms with Gasteiger partial charge in [-0.15, -0.1) is 0 Å². The molecule has 12 heavy (non-hydrogen) atoms. The van der Waals surface area contributed by atoms with Crippen molar-refractivity contribution in [1.29, 1.82) is 0 Å². The van der Waals surface area contributed by atoms with E-state index in [9.17, 15) is 5.11 Å². The number of hydrogen-bond acceptors (Lipinski definition) is 3. The van der Waals surface area contributed by atoms with Gasteiger partial charge in [0.25, 0.3) is 0 Å². The van der Waals surface area contributed by atoms with Gasteiger partial charge >= 0.3 is 0 Å². The van der Waals surface area contributed by atoms with E-state index in [4.69, 9.17) is 9.47 Å². The zero-order valence-corrected chi connectivity index (χ0v) is 6.83. The van der Waals surface area contributed by atoms with Gasteiger partial charge in [-0.25, -0.2) is 0 Å². The summed E-state index contributed by atoms with van der Waals surface area (Å²) in [4.78, 5) is 0. The number of phenols is 1. The fourth-order valence-electron chi connectivity index (χ4n) is 1.38. The molecule has 0 fully saturated rings. The maximum absolute atomic E-state index is 9.56. The van der Waals surface area contributed by atoms with Crippen LogP contribution >= 0.6 is 0 Å². The van der Waals surface area contributed by atoms with E-state index in [2.05, 4.69) is 0 Å². The second-order valence-electron chi connectivity index (χ2n) is 2.70. The first-order valence-corrected chi connectivity index (χ1v) is 3.84. The predicted octanol–water partition coefficient (Wildman–Crippen LogP) is 1.34. The number of rotatable bonds is 1. The van der Waals surface area contributed by atoms with Crippen molar-refractivity contribution in [1.82, 2.24) is 0 Å². The van der Waals surface area contributed by atoms with Crippen LogP contribution in [-0.2, 0) is 6.42 Å². The lowest BCUT2D eigenvalue weighted by atomic mass is 10.1. The normalized spacial score (nSPS) is 13.8. The second-order valence-corrected chi connectivity index (χ2v) is 2.70. The maximum Gasteiger partial charge on any atom is 0.201 e. The highest BCUT2D eigenvalue weighted by Gasteiger charge is 2.18. The molecule has 0 radical (unpaired) electrons. The fourth-order valence-corrected chi connectivity index (χ4v) is 1.38. The van der Waals surface area contributed by atoms with Crippen molar-refractivity contribution < 1.29 is 14.6 Å². The van der Waals surface area contributed by atoms with Crippen LogP contribution in [0.5, 0.6) is 17.2 Å². The minimum Gasteiger partial charge on any atom is -0.502 e. The largest absolute Gasteiger partial charge is 0.502 e. The van der Waals surface area contributed by atoms with Gasteiger partial charge < -0.3 is 14.6 Å². The van der Waals surface area contributed by atoms with Crippen molar-refractivity contribution in [3.8, 4) is 17.2 Å². The Balaban J connectivity index is 2.54. The summed E-state index contributed by atoms with van der Waals surface area (Å²) in [5, 5.41) is 9.56. The third kappa shape index (κ3) is 0.897. The number of methoxy groups -OCH3 is 1. The van der Waals surface area contributed by atoms with Crippen molar-refractivity contribution in [2.75, 3.05) is 13.7 Å². The van der Waals surface area contributed by atoms with E-state index >= 15 is 0 Å². The molecule has 0 unspecified atom stereocenters. The number of fused-ring (bicyclic) bond motifs is 1. The number of hydrogen-bond donors (Lipinski definition) is 1. The predicted molar refractivity (Wildman–Crippen MR) is 43.9 cm³/mol. The number of benzene rings is 1. The van der Waals surface area contributed by atoms with E-state index in [1.807, 2.05) is 6.07 Å². The molecular formula is C9H10O3. The van der Waals surface area contributed by atoms with E-state index in [0.717, 1.165) is 12.0 Å². The third-order valence-electron chi connectivity index (χ3n) is 2.01. The van der Waals surface area contributed by atoms with Gasteiger partial charge in [0.1, 0.15) is 0 Å². The Kier molecular flexibility index (Phi) is 1.57. The molecular weight excluding hydrogens is 156 g/mol. The van der Waals surface area contributed by atoms with Gasteiger partial charge in [-0.05, 0) is 6.07 Å². The van der Waals surface area contributed by atoms with E-state index in [1.165, 1.54) is 7.11 Å². The van der Waals surface area contributed by atoms with Crippen molar-refractivity contribution in [3.05, 3.63) is 17.7 Å². The third-order valence-corrected chi connectivity index (χ3v) is 2.01. The van der Waals surface area contributed by atoms with Crippen LogP contribution < -0.4 is 9.47 Å². The van der Waals surface area contributed by atoms with Crippen LogP contribution in [-0.4, -0.2) is 18.8 Å². The van der Waals surface area contributed by atoms with Crippen LogP contribution in [0.4, 0.5) is 0 Å². The molecule has 1 aliphatic heterocycles. The molecule has 1 aromatic rings. The summed E-state index contributed by atoms with van der Waals surface area (Å²) in [5.74, 6) is 1.16. The Labute approximate surface area is 70.5 Å². The molecule has 1 aromatic carbocycles. The number of phenolic OH excluding ortho intramolecular Hbond substituents is 1.